The van der Waals surface area contributed by atoms with Gasteiger partial charge in [-0.1, -0.05) is 11.6 Å². The van der Waals surface area contributed by atoms with Crippen molar-refractivity contribution >= 4 is 17.4 Å². The lowest BCUT2D eigenvalue weighted by Crippen LogP contribution is -2.06. The third kappa shape index (κ3) is 2.41. The number of nitrogens with one attached hydrogen (secondary N) is 1. The molecule has 0 aliphatic carbocycles. The Kier molecular flexibility index (Phi) is 2.77. The molecule has 2 aromatic rings. The van der Waals surface area contributed by atoms with E-state index >= 15 is 0 Å². The van der Waals surface area contributed by atoms with Crippen LogP contribution in [0.4, 0.5) is 5.82 Å². The van der Waals surface area contributed by atoms with Crippen molar-refractivity contribution < 1.29 is 0 Å². The number of anilines is 1. The first-order chi connectivity index (χ1) is 7.25. The van der Waals surface area contributed by atoms with E-state index in [1.54, 1.807) is 12.5 Å². The second kappa shape index (κ2) is 4.22. The topological polar surface area (TPSA) is 68.5 Å². The quantitative estimate of drug-likeness (QED) is 0.838. The Morgan fingerprint density at radius 3 is 3.00 bits per heavy atom. The van der Waals surface area contributed by atoms with Gasteiger partial charge in [-0.2, -0.15) is 0 Å². The number of aromatic nitrogens is 5. The van der Waals surface area contributed by atoms with Crippen molar-refractivity contribution in [3.8, 4) is 0 Å². The summed E-state index contributed by atoms with van der Waals surface area (Å²) in [7, 11) is 1.88. The van der Waals surface area contributed by atoms with Crippen LogP contribution in [0.1, 0.15) is 5.82 Å². The van der Waals surface area contributed by atoms with Gasteiger partial charge >= 0.3 is 0 Å². The summed E-state index contributed by atoms with van der Waals surface area (Å²) in [5.74, 6) is 1.43. The first-order valence-corrected chi connectivity index (χ1v) is 4.68. The summed E-state index contributed by atoms with van der Waals surface area (Å²) in [6.45, 7) is 0.533. The summed E-state index contributed by atoms with van der Waals surface area (Å²) in [5, 5.41) is 11.1. The maximum atomic E-state index is 5.69. The van der Waals surface area contributed by atoms with E-state index in [9.17, 15) is 0 Å². The summed E-state index contributed by atoms with van der Waals surface area (Å²) < 4.78 is 1.82. The minimum absolute atomic E-state index is 0.359. The van der Waals surface area contributed by atoms with Crippen molar-refractivity contribution in [2.24, 2.45) is 7.05 Å². The Morgan fingerprint density at radius 1 is 1.47 bits per heavy atom. The van der Waals surface area contributed by atoms with Crippen LogP contribution in [0, 0.1) is 0 Å². The summed E-state index contributed by atoms with van der Waals surface area (Å²) in [6.07, 6.45) is 4.72. The molecule has 0 bridgehead atoms. The van der Waals surface area contributed by atoms with E-state index in [1.165, 1.54) is 6.20 Å². The van der Waals surface area contributed by atoms with Gasteiger partial charge in [0, 0.05) is 7.05 Å². The van der Waals surface area contributed by atoms with E-state index in [-0.39, 0.29) is 0 Å². The molecule has 2 aromatic heterocycles. The molecule has 2 heterocycles. The molecule has 2 rings (SSSR count). The van der Waals surface area contributed by atoms with E-state index in [0.29, 0.717) is 17.5 Å². The van der Waals surface area contributed by atoms with Crippen LogP contribution in [0.2, 0.25) is 5.15 Å². The zero-order valence-corrected chi connectivity index (χ0v) is 8.81. The number of hydrogen-bond donors (Lipinski definition) is 1. The molecule has 0 aliphatic heterocycles. The van der Waals surface area contributed by atoms with Gasteiger partial charge in [0.1, 0.15) is 17.3 Å². The summed E-state index contributed by atoms with van der Waals surface area (Å²) in [5.41, 5.74) is 0. The fraction of sp³-hybridized carbons (Fsp3) is 0.250. The second-order valence-electron chi connectivity index (χ2n) is 2.94. The van der Waals surface area contributed by atoms with Crippen molar-refractivity contribution in [3.63, 3.8) is 0 Å². The molecule has 0 fully saturated rings. The highest BCUT2D eigenvalue weighted by molar-refractivity contribution is 6.29. The monoisotopic (exact) mass is 224 g/mol. The molecule has 0 saturated heterocycles. The average molecular weight is 225 g/mol. The highest BCUT2D eigenvalue weighted by Gasteiger charge is 2.01. The predicted octanol–water partition coefficient (Wildman–Crippen LogP) is 0.871. The molecule has 0 aliphatic rings. The Hall–Kier alpha value is -1.69. The van der Waals surface area contributed by atoms with Gasteiger partial charge in [0.05, 0.1) is 18.9 Å². The molecule has 0 aromatic carbocycles. The zero-order valence-electron chi connectivity index (χ0n) is 8.05. The van der Waals surface area contributed by atoms with Crippen molar-refractivity contribution in [2.75, 3.05) is 5.32 Å². The van der Waals surface area contributed by atoms with E-state index in [1.807, 2.05) is 11.6 Å². The number of hydrogen-bond acceptors (Lipinski definition) is 5. The van der Waals surface area contributed by atoms with Gasteiger partial charge in [0.15, 0.2) is 5.82 Å². The summed E-state index contributed by atoms with van der Waals surface area (Å²) >= 11 is 5.69. The van der Waals surface area contributed by atoms with E-state index in [0.717, 1.165) is 5.82 Å². The largest absolute Gasteiger partial charge is 0.361 e. The van der Waals surface area contributed by atoms with Crippen LogP contribution in [-0.4, -0.2) is 24.7 Å². The van der Waals surface area contributed by atoms with Crippen LogP contribution in [0.15, 0.2) is 18.7 Å². The standard InChI is InChI=1S/C8H9ClN6/c1-15-5-12-14-8(15)4-11-7-3-10-2-6(9)13-7/h2-3,5H,4H2,1H3,(H,11,13). The van der Waals surface area contributed by atoms with Crippen LogP contribution >= 0.6 is 11.6 Å². The Bertz CT molecular complexity index is 454. The second-order valence-corrected chi connectivity index (χ2v) is 3.33. The van der Waals surface area contributed by atoms with Gasteiger partial charge in [-0.05, 0) is 0 Å². The van der Waals surface area contributed by atoms with Gasteiger partial charge in [-0.25, -0.2) is 4.98 Å². The molecular weight excluding hydrogens is 216 g/mol. The molecular formula is C8H9ClN6. The first kappa shape index (κ1) is 9.85. The molecule has 0 unspecified atom stereocenters. The molecule has 0 atom stereocenters. The predicted molar refractivity (Wildman–Crippen MR) is 55.4 cm³/mol. The maximum Gasteiger partial charge on any atom is 0.151 e. The lowest BCUT2D eigenvalue weighted by molar-refractivity contribution is 0.809. The Labute approximate surface area is 91.3 Å². The third-order valence-corrected chi connectivity index (χ3v) is 2.02. The lowest BCUT2D eigenvalue weighted by atomic mass is 10.5. The highest BCUT2D eigenvalue weighted by atomic mass is 35.5. The van der Waals surface area contributed by atoms with Gasteiger partial charge in [-0.15, -0.1) is 10.2 Å². The van der Waals surface area contributed by atoms with Crippen LogP contribution < -0.4 is 5.32 Å². The molecule has 6 nitrogen and oxygen atoms in total. The SMILES string of the molecule is Cn1cnnc1CNc1cncc(Cl)n1. The number of nitrogens with zero attached hydrogens (tertiary/aromatic N) is 5. The van der Waals surface area contributed by atoms with Crippen LogP contribution in [0.3, 0.4) is 0 Å². The summed E-state index contributed by atoms with van der Waals surface area (Å²) in [4.78, 5) is 7.94. The minimum Gasteiger partial charge on any atom is -0.361 e. The minimum atomic E-state index is 0.359. The van der Waals surface area contributed by atoms with Gasteiger partial charge < -0.3 is 9.88 Å². The number of halogens is 1. The highest BCUT2D eigenvalue weighted by Crippen LogP contribution is 2.07. The number of aryl methyl sites for hydroxylation is 1. The van der Waals surface area contributed by atoms with E-state index in [4.69, 9.17) is 11.6 Å². The Morgan fingerprint density at radius 2 is 2.33 bits per heavy atom. The molecule has 0 radical (unpaired) electrons. The molecule has 0 amide bonds. The molecule has 0 saturated carbocycles. The fourth-order valence-corrected chi connectivity index (χ4v) is 1.21. The van der Waals surface area contributed by atoms with Crippen molar-refractivity contribution in [1.29, 1.82) is 0 Å². The first-order valence-electron chi connectivity index (χ1n) is 4.30. The fourth-order valence-electron chi connectivity index (χ4n) is 1.06. The lowest BCUT2D eigenvalue weighted by Gasteiger charge is -2.03. The van der Waals surface area contributed by atoms with Crippen molar-refractivity contribution in [3.05, 3.63) is 29.7 Å². The van der Waals surface area contributed by atoms with Crippen LogP contribution in [-0.2, 0) is 13.6 Å². The number of rotatable bonds is 3. The normalized spacial score (nSPS) is 10.3. The van der Waals surface area contributed by atoms with E-state index in [2.05, 4.69) is 25.5 Å². The third-order valence-electron chi connectivity index (χ3n) is 1.84. The van der Waals surface area contributed by atoms with Crippen molar-refractivity contribution in [2.45, 2.75) is 6.54 Å². The molecule has 0 spiro atoms. The molecule has 78 valence electrons. The van der Waals surface area contributed by atoms with Gasteiger partial charge in [-0.3, -0.25) is 4.98 Å². The molecule has 15 heavy (non-hydrogen) atoms. The summed E-state index contributed by atoms with van der Waals surface area (Å²) in [6, 6.07) is 0. The molecule has 1 N–H and O–H groups in total. The average Bonchev–Trinajstić information content (AvgIpc) is 2.61. The van der Waals surface area contributed by atoms with Crippen molar-refractivity contribution in [1.82, 2.24) is 24.7 Å². The van der Waals surface area contributed by atoms with E-state index < -0.39 is 0 Å². The van der Waals surface area contributed by atoms with Gasteiger partial charge in [0.2, 0.25) is 0 Å². The van der Waals surface area contributed by atoms with Gasteiger partial charge in [0.25, 0.3) is 0 Å². The zero-order chi connectivity index (χ0) is 10.7. The molecule has 7 heteroatoms. The Balaban J connectivity index is 2.02. The maximum absolute atomic E-state index is 5.69. The van der Waals surface area contributed by atoms with Crippen LogP contribution in [0.25, 0.3) is 0 Å². The smallest absolute Gasteiger partial charge is 0.151 e. The van der Waals surface area contributed by atoms with Crippen LogP contribution in [0.5, 0.6) is 0 Å².